The summed E-state index contributed by atoms with van der Waals surface area (Å²) < 4.78 is 2.27. The lowest BCUT2D eigenvalue weighted by atomic mass is 9.94. The third-order valence-corrected chi connectivity index (χ3v) is 8.99. The molecule has 0 saturated heterocycles. The Morgan fingerprint density at radius 1 is 0.583 bits per heavy atom. The van der Waals surface area contributed by atoms with Gasteiger partial charge in [0.1, 0.15) is 5.82 Å². The monoisotopic (exact) mass is 731 g/mol. The van der Waals surface area contributed by atoms with Crippen LogP contribution in [0.2, 0.25) is 0 Å². The molecule has 0 amide bonds. The fraction of sp³-hybridized carbons (Fsp3) is 0.0238. The third kappa shape index (κ3) is 5.24. The number of rotatable bonds is 5. The number of nitrogens with zero attached hydrogens (tertiary/aromatic N) is 4. The maximum absolute atomic E-state index is 5.08. The third-order valence-electron chi connectivity index (χ3n) is 8.99. The van der Waals surface area contributed by atoms with E-state index in [1.807, 2.05) is 36.8 Å². The molecule has 4 aromatic carbocycles. The number of fused-ring (bicyclic) bond motifs is 4. The first-order chi connectivity index (χ1) is 23.3. The summed E-state index contributed by atoms with van der Waals surface area (Å²) >= 11 is 0. The smallest absolute Gasteiger partial charge is 0.137 e. The maximum Gasteiger partial charge on any atom is 0.137 e. The maximum atomic E-state index is 5.08. The zero-order valence-corrected chi connectivity index (χ0v) is 28.2. The van der Waals surface area contributed by atoms with E-state index in [9.17, 15) is 0 Å². The highest BCUT2D eigenvalue weighted by atomic mass is 127. The molecule has 230 valence electrons. The number of aromatic nitrogens is 4. The molecule has 0 fully saturated rings. The normalized spacial score (nSPS) is 13.5. The summed E-state index contributed by atoms with van der Waals surface area (Å²) in [6, 6.07) is 48.6. The van der Waals surface area contributed by atoms with Gasteiger partial charge in [0.2, 0.25) is 0 Å². The topological polar surface area (TPSA) is 55.6 Å². The molecule has 8 aromatic rings. The molecule has 1 atom stereocenters. The van der Waals surface area contributed by atoms with E-state index in [1.54, 1.807) is 0 Å². The van der Waals surface area contributed by atoms with Crippen molar-refractivity contribution in [2.24, 2.45) is 0 Å². The van der Waals surface area contributed by atoms with Gasteiger partial charge in [-0.3, -0.25) is 9.55 Å². The molecule has 4 aromatic heterocycles. The Morgan fingerprint density at radius 3 is 2.19 bits per heavy atom. The van der Waals surface area contributed by atoms with Crippen molar-refractivity contribution in [3.8, 4) is 39.6 Å². The number of benzene rings is 4. The molecule has 0 radical (unpaired) electrons. The number of para-hydroxylation sites is 1. The number of pyridine rings is 3. The van der Waals surface area contributed by atoms with Crippen LogP contribution in [0.15, 0.2) is 158 Å². The number of nitrogens with one attached hydrogen (secondary N) is 1. The minimum atomic E-state index is 0. The van der Waals surface area contributed by atoms with Crippen molar-refractivity contribution in [2.45, 2.75) is 6.04 Å². The first-order valence-corrected chi connectivity index (χ1v) is 15.8. The van der Waals surface area contributed by atoms with E-state index in [-0.39, 0.29) is 30.0 Å². The lowest BCUT2D eigenvalue weighted by Gasteiger charge is -2.23. The lowest BCUT2D eigenvalue weighted by molar-refractivity contribution is 0.721. The molecule has 5 nitrogen and oxygen atoms in total. The summed E-state index contributed by atoms with van der Waals surface area (Å²) in [7, 11) is 0. The van der Waals surface area contributed by atoms with Gasteiger partial charge in [-0.1, -0.05) is 91.0 Å². The van der Waals surface area contributed by atoms with Gasteiger partial charge in [-0.15, -0.1) is 24.0 Å². The Labute approximate surface area is 295 Å². The number of hydrogen-bond acceptors (Lipinski definition) is 4. The molecule has 48 heavy (non-hydrogen) atoms. The van der Waals surface area contributed by atoms with Crippen molar-refractivity contribution in [1.29, 1.82) is 0 Å². The molecule has 9 rings (SSSR count). The summed E-state index contributed by atoms with van der Waals surface area (Å²) in [5, 5.41) is 7.21. The fourth-order valence-electron chi connectivity index (χ4n) is 6.74. The summed E-state index contributed by atoms with van der Waals surface area (Å²) in [6.45, 7) is 0. The van der Waals surface area contributed by atoms with E-state index in [0.29, 0.717) is 0 Å². The summed E-state index contributed by atoms with van der Waals surface area (Å²) in [4.78, 5) is 14.8. The molecule has 6 heteroatoms. The van der Waals surface area contributed by atoms with Crippen LogP contribution >= 0.6 is 24.0 Å². The van der Waals surface area contributed by atoms with Crippen molar-refractivity contribution in [3.63, 3.8) is 0 Å². The van der Waals surface area contributed by atoms with Crippen molar-refractivity contribution in [3.05, 3.63) is 175 Å². The highest BCUT2D eigenvalue weighted by Crippen LogP contribution is 2.39. The molecule has 0 saturated carbocycles. The lowest BCUT2D eigenvalue weighted by Crippen LogP contribution is -2.21. The Hall–Kier alpha value is -5.60. The molecular weight excluding hydrogens is 701 g/mol. The van der Waals surface area contributed by atoms with Gasteiger partial charge in [0, 0.05) is 34.5 Å². The Morgan fingerprint density at radius 2 is 1.35 bits per heavy atom. The standard InChI is InChI=1S/C42H29N5.HI/c1-2-11-29(12-3-1)42-41-34-14-6-7-16-38(34)47(39(41)21-23-44-42)40-20-19-32(27-45-40)33-25-36(46-37(26-33)35-15-8-9-22-43-35)31-18-17-28-10-4-5-13-30(28)24-31;/h1-27,42,44H;1H. The zero-order valence-electron chi connectivity index (χ0n) is 25.9. The van der Waals surface area contributed by atoms with Gasteiger partial charge in [0.25, 0.3) is 0 Å². The van der Waals surface area contributed by atoms with Crippen LogP contribution in [0.4, 0.5) is 0 Å². The van der Waals surface area contributed by atoms with Gasteiger partial charge in [-0.2, -0.15) is 0 Å². The van der Waals surface area contributed by atoms with E-state index in [0.717, 1.165) is 50.8 Å². The predicted octanol–water partition coefficient (Wildman–Crippen LogP) is 10.3. The quantitative estimate of drug-likeness (QED) is 0.179. The molecule has 0 bridgehead atoms. The zero-order chi connectivity index (χ0) is 31.2. The van der Waals surface area contributed by atoms with Crippen LogP contribution in [0.25, 0.3) is 67.3 Å². The van der Waals surface area contributed by atoms with Crippen LogP contribution in [0.3, 0.4) is 0 Å². The second-order valence-corrected chi connectivity index (χ2v) is 11.8. The van der Waals surface area contributed by atoms with Crippen molar-refractivity contribution in [2.75, 3.05) is 0 Å². The van der Waals surface area contributed by atoms with E-state index in [4.69, 9.17) is 9.97 Å². The van der Waals surface area contributed by atoms with Crippen LogP contribution in [-0.4, -0.2) is 19.5 Å². The molecule has 1 N–H and O–H groups in total. The van der Waals surface area contributed by atoms with Gasteiger partial charge in [-0.05, 0) is 82.7 Å². The SMILES string of the molecule is C1=Cc2c(c3ccccc3n2-c2ccc(-c3cc(-c4ccc5ccccc5c4)nc(-c4ccccn4)c3)cn2)C(c2ccccc2)N1.I. The second-order valence-electron chi connectivity index (χ2n) is 11.8. The van der Waals surface area contributed by atoms with Gasteiger partial charge in [0.05, 0.1) is 34.3 Å². The fourth-order valence-corrected chi connectivity index (χ4v) is 6.74. The minimum Gasteiger partial charge on any atom is -0.380 e. The Balaban J connectivity index is 0.00000336. The summed E-state index contributed by atoms with van der Waals surface area (Å²) in [5.74, 6) is 0.873. The number of hydrogen-bond donors (Lipinski definition) is 1. The predicted molar refractivity (Wildman–Crippen MR) is 206 cm³/mol. The van der Waals surface area contributed by atoms with Crippen molar-refractivity contribution < 1.29 is 0 Å². The molecule has 0 aliphatic carbocycles. The highest BCUT2D eigenvalue weighted by Gasteiger charge is 2.26. The van der Waals surface area contributed by atoms with Crippen LogP contribution in [-0.2, 0) is 0 Å². The van der Waals surface area contributed by atoms with Gasteiger partial charge >= 0.3 is 0 Å². The highest BCUT2D eigenvalue weighted by molar-refractivity contribution is 14.0. The molecule has 1 unspecified atom stereocenters. The molecule has 0 spiro atoms. The van der Waals surface area contributed by atoms with Gasteiger partial charge < -0.3 is 5.32 Å². The molecular formula is C42H30IN5. The van der Waals surface area contributed by atoms with Gasteiger partial charge in [-0.25, -0.2) is 9.97 Å². The minimum absolute atomic E-state index is 0. The Bertz CT molecular complexity index is 2430. The molecule has 1 aliphatic heterocycles. The summed E-state index contributed by atoms with van der Waals surface area (Å²) in [5.41, 5.74) is 10.4. The summed E-state index contributed by atoms with van der Waals surface area (Å²) in [6.07, 6.45) is 7.98. The molecule has 5 heterocycles. The van der Waals surface area contributed by atoms with Gasteiger partial charge in [0.15, 0.2) is 0 Å². The van der Waals surface area contributed by atoms with E-state index in [2.05, 4.69) is 142 Å². The largest absolute Gasteiger partial charge is 0.380 e. The number of halogens is 1. The van der Waals surface area contributed by atoms with Crippen LogP contribution in [0.1, 0.15) is 22.9 Å². The van der Waals surface area contributed by atoms with Crippen LogP contribution in [0, 0.1) is 0 Å². The van der Waals surface area contributed by atoms with E-state index < -0.39 is 0 Å². The first-order valence-electron chi connectivity index (χ1n) is 15.8. The molecule has 1 aliphatic rings. The average molecular weight is 732 g/mol. The average Bonchev–Trinajstić information content (AvgIpc) is 3.50. The van der Waals surface area contributed by atoms with E-state index >= 15 is 0 Å². The van der Waals surface area contributed by atoms with Crippen molar-refractivity contribution in [1.82, 2.24) is 24.8 Å². The first kappa shape index (κ1) is 29.8. The second kappa shape index (κ2) is 12.5. The Kier molecular flexibility index (Phi) is 7.78. The van der Waals surface area contributed by atoms with Crippen LogP contribution < -0.4 is 5.32 Å². The van der Waals surface area contributed by atoms with Crippen molar-refractivity contribution >= 4 is 51.7 Å². The van der Waals surface area contributed by atoms with Crippen LogP contribution in [0.5, 0.6) is 0 Å². The van der Waals surface area contributed by atoms with E-state index in [1.165, 1.54) is 27.3 Å².